The zero-order valence-corrected chi connectivity index (χ0v) is 8.95. The summed E-state index contributed by atoms with van der Waals surface area (Å²) in [6, 6.07) is 9.06. The van der Waals surface area contributed by atoms with Crippen LogP contribution >= 0.6 is 11.8 Å². The maximum atomic E-state index is 10.8. The van der Waals surface area contributed by atoms with Gasteiger partial charge >= 0.3 is 5.97 Å². The number of carbonyl (C=O) groups is 2. The summed E-state index contributed by atoms with van der Waals surface area (Å²) in [4.78, 5) is 22.4. The van der Waals surface area contributed by atoms with E-state index in [1.165, 1.54) is 6.92 Å². The Morgan fingerprint density at radius 2 is 1.87 bits per heavy atom. The first kappa shape index (κ1) is 11.5. The van der Waals surface area contributed by atoms with Crippen molar-refractivity contribution in [2.75, 3.05) is 0 Å². The summed E-state index contributed by atoms with van der Waals surface area (Å²) in [6.45, 7) is 1.33. The third kappa shape index (κ3) is 3.99. The van der Waals surface area contributed by atoms with E-state index in [9.17, 15) is 9.59 Å². The van der Waals surface area contributed by atoms with Gasteiger partial charge in [0.15, 0.2) is 5.78 Å². The predicted octanol–water partition coefficient (Wildman–Crippen LogP) is 2.34. The second-order valence-electron chi connectivity index (χ2n) is 2.84. The lowest BCUT2D eigenvalue weighted by atomic mass is 10.4. The number of hydrogen-bond acceptors (Lipinski definition) is 3. The summed E-state index contributed by atoms with van der Waals surface area (Å²) < 4.78 is 0. The molecule has 1 aromatic carbocycles. The summed E-state index contributed by atoms with van der Waals surface area (Å²) in [5.74, 6) is -1.35. The van der Waals surface area contributed by atoms with Gasteiger partial charge in [-0.25, -0.2) is 4.79 Å². The molecule has 1 rings (SSSR count). The van der Waals surface area contributed by atoms with Crippen LogP contribution in [0.1, 0.15) is 6.92 Å². The summed E-state index contributed by atoms with van der Waals surface area (Å²) in [5, 5.41) is 8.84. The zero-order valence-electron chi connectivity index (χ0n) is 8.14. The summed E-state index contributed by atoms with van der Waals surface area (Å²) in [5.41, 5.74) is 0. The number of allylic oxidation sites excluding steroid dienone is 1. The van der Waals surface area contributed by atoms with Gasteiger partial charge in [0.1, 0.15) is 4.91 Å². The Morgan fingerprint density at radius 1 is 1.27 bits per heavy atom. The van der Waals surface area contributed by atoms with Gasteiger partial charge in [-0.3, -0.25) is 4.79 Å². The molecule has 0 saturated heterocycles. The summed E-state index contributed by atoms with van der Waals surface area (Å²) in [6.07, 6.45) is 1.12. The van der Waals surface area contributed by atoms with Crippen LogP contribution in [0.3, 0.4) is 0 Å². The first-order chi connectivity index (χ1) is 7.09. The molecule has 0 aromatic heterocycles. The largest absolute Gasteiger partial charge is 0.477 e. The van der Waals surface area contributed by atoms with E-state index in [2.05, 4.69) is 0 Å². The van der Waals surface area contributed by atoms with Gasteiger partial charge in [-0.15, -0.1) is 0 Å². The molecule has 4 heteroatoms. The Labute approximate surface area is 91.8 Å². The van der Waals surface area contributed by atoms with Crippen molar-refractivity contribution in [3.8, 4) is 0 Å². The molecule has 0 radical (unpaired) electrons. The first-order valence-electron chi connectivity index (χ1n) is 4.28. The van der Waals surface area contributed by atoms with E-state index in [1.807, 2.05) is 18.2 Å². The lowest BCUT2D eigenvalue weighted by molar-refractivity contribution is -0.132. The average molecular weight is 222 g/mol. The monoisotopic (exact) mass is 222 g/mol. The maximum Gasteiger partial charge on any atom is 0.342 e. The smallest absolute Gasteiger partial charge is 0.342 e. The molecule has 0 heterocycles. The van der Waals surface area contributed by atoms with Crippen LogP contribution in [0.25, 0.3) is 0 Å². The first-order valence-corrected chi connectivity index (χ1v) is 5.09. The zero-order chi connectivity index (χ0) is 11.3. The maximum absolute atomic E-state index is 10.8. The van der Waals surface area contributed by atoms with Crippen molar-refractivity contribution < 1.29 is 14.7 Å². The van der Waals surface area contributed by atoms with Gasteiger partial charge < -0.3 is 5.11 Å². The molecule has 0 aliphatic rings. The minimum absolute atomic E-state index is 0.0358. The number of carboxylic acid groups (broad SMARTS) is 1. The fraction of sp³-hybridized carbons (Fsp3) is 0.0909. The molecule has 1 aromatic rings. The van der Waals surface area contributed by atoms with Crippen LogP contribution in [-0.4, -0.2) is 16.9 Å². The number of benzene rings is 1. The molecular weight excluding hydrogens is 212 g/mol. The highest BCUT2D eigenvalue weighted by atomic mass is 32.2. The van der Waals surface area contributed by atoms with E-state index < -0.39 is 5.97 Å². The van der Waals surface area contributed by atoms with Crippen molar-refractivity contribution in [3.05, 3.63) is 41.3 Å². The van der Waals surface area contributed by atoms with Crippen LogP contribution in [0.15, 0.2) is 46.2 Å². The van der Waals surface area contributed by atoms with Crippen LogP contribution in [0, 0.1) is 0 Å². The normalized spacial score (nSPS) is 11.1. The number of carbonyl (C=O) groups excluding carboxylic acids is 1. The standard InChI is InChI=1S/C11H10O3S/c1-8(12)7-10(11(13)14)15-9-5-3-2-4-6-9/h2-7H,1H3,(H,13,14)/b10-7+. The van der Waals surface area contributed by atoms with E-state index in [4.69, 9.17) is 5.11 Å². The van der Waals surface area contributed by atoms with Crippen LogP contribution in [0.2, 0.25) is 0 Å². The molecule has 15 heavy (non-hydrogen) atoms. The minimum atomic E-state index is -1.08. The number of rotatable bonds is 4. The Bertz CT molecular complexity index is 396. The summed E-state index contributed by atoms with van der Waals surface area (Å²) in [7, 11) is 0. The highest BCUT2D eigenvalue weighted by molar-refractivity contribution is 8.04. The van der Waals surface area contributed by atoms with Crippen LogP contribution in [-0.2, 0) is 9.59 Å². The van der Waals surface area contributed by atoms with Crippen molar-refractivity contribution in [1.29, 1.82) is 0 Å². The van der Waals surface area contributed by atoms with Crippen molar-refractivity contribution in [2.45, 2.75) is 11.8 Å². The van der Waals surface area contributed by atoms with Gasteiger partial charge in [0.25, 0.3) is 0 Å². The highest BCUT2D eigenvalue weighted by Gasteiger charge is 2.09. The highest BCUT2D eigenvalue weighted by Crippen LogP contribution is 2.26. The molecule has 0 aliphatic heterocycles. The number of carboxylic acids is 1. The fourth-order valence-corrected chi connectivity index (χ4v) is 1.79. The van der Waals surface area contributed by atoms with E-state index in [0.29, 0.717) is 0 Å². The molecule has 0 amide bonds. The lowest BCUT2D eigenvalue weighted by Gasteiger charge is -2.00. The second-order valence-corrected chi connectivity index (χ2v) is 3.95. The molecule has 3 nitrogen and oxygen atoms in total. The Morgan fingerprint density at radius 3 is 2.33 bits per heavy atom. The molecule has 1 N–H and O–H groups in total. The van der Waals surface area contributed by atoms with Crippen molar-refractivity contribution >= 4 is 23.5 Å². The van der Waals surface area contributed by atoms with Crippen molar-refractivity contribution in [1.82, 2.24) is 0 Å². The molecule has 0 spiro atoms. The van der Waals surface area contributed by atoms with Gasteiger partial charge in [-0.1, -0.05) is 30.0 Å². The van der Waals surface area contributed by atoms with Crippen LogP contribution < -0.4 is 0 Å². The summed E-state index contributed by atoms with van der Waals surface area (Å²) >= 11 is 1.07. The van der Waals surface area contributed by atoms with E-state index in [1.54, 1.807) is 12.1 Å². The van der Waals surface area contributed by atoms with E-state index in [-0.39, 0.29) is 10.7 Å². The fourth-order valence-electron chi connectivity index (χ4n) is 0.935. The van der Waals surface area contributed by atoms with Crippen molar-refractivity contribution in [3.63, 3.8) is 0 Å². The molecule has 0 saturated carbocycles. The predicted molar refractivity (Wildman–Crippen MR) is 58.7 cm³/mol. The van der Waals surface area contributed by atoms with Gasteiger partial charge in [0, 0.05) is 11.0 Å². The molecule has 0 unspecified atom stereocenters. The second kappa shape index (κ2) is 5.36. The quantitative estimate of drug-likeness (QED) is 0.627. The molecular formula is C11H10O3S. The van der Waals surface area contributed by atoms with Gasteiger partial charge in [-0.2, -0.15) is 0 Å². The average Bonchev–Trinajstić information content (AvgIpc) is 2.17. The van der Waals surface area contributed by atoms with E-state index in [0.717, 1.165) is 22.7 Å². The number of aliphatic carboxylic acids is 1. The number of ketones is 1. The van der Waals surface area contributed by atoms with Gasteiger partial charge in [-0.05, 0) is 19.1 Å². The molecule has 0 atom stereocenters. The van der Waals surface area contributed by atoms with Crippen molar-refractivity contribution in [2.24, 2.45) is 0 Å². The minimum Gasteiger partial charge on any atom is -0.477 e. The third-order valence-corrected chi connectivity index (χ3v) is 2.54. The Balaban J connectivity index is 2.86. The van der Waals surface area contributed by atoms with Crippen LogP contribution in [0.5, 0.6) is 0 Å². The van der Waals surface area contributed by atoms with E-state index >= 15 is 0 Å². The SMILES string of the molecule is CC(=O)/C=C(/Sc1ccccc1)C(=O)O. The third-order valence-electron chi connectivity index (χ3n) is 1.52. The molecule has 0 aliphatic carbocycles. The number of thioether (sulfide) groups is 1. The van der Waals surface area contributed by atoms with Crippen LogP contribution in [0.4, 0.5) is 0 Å². The van der Waals surface area contributed by atoms with Gasteiger partial charge in [0.2, 0.25) is 0 Å². The molecule has 0 bridgehead atoms. The van der Waals surface area contributed by atoms with Gasteiger partial charge in [0.05, 0.1) is 0 Å². The molecule has 78 valence electrons. The topological polar surface area (TPSA) is 54.4 Å². The lowest BCUT2D eigenvalue weighted by Crippen LogP contribution is -1.99. The Kier molecular flexibility index (Phi) is 4.12. The Hall–Kier alpha value is -1.55. The molecule has 0 fully saturated rings. The number of hydrogen-bond donors (Lipinski definition) is 1.